The number of aryl methyl sites for hydroxylation is 1. The summed E-state index contributed by atoms with van der Waals surface area (Å²) >= 11 is 6.06. The van der Waals surface area contributed by atoms with Gasteiger partial charge < -0.3 is 9.88 Å². The molecule has 3 aromatic rings. The van der Waals surface area contributed by atoms with Crippen LogP contribution in [0.25, 0.3) is 5.69 Å². The lowest BCUT2D eigenvalue weighted by atomic mass is 10.2. The van der Waals surface area contributed by atoms with Gasteiger partial charge in [0, 0.05) is 33.3 Å². The Bertz CT molecular complexity index is 1200. The van der Waals surface area contributed by atoms with Crippen LogP contribution in [0.4, 0.5) is 18.9 Å². The molecule has 0 aliphatic heterocycles. The number of nitrogens with one attached hydrogen (secondary N) is 2. The van der Waals surface area contributed by atoms with E-state index in [1.54, 1.807) is 6.07 Å². The number of hydrogen-bond donors (Lipinski definition) is 2. The highest BCUT2D eigenvalue weighted by Gasteiger charge is 2.30. The van der Waals surface area contributed by atoms with Crippen molar-refractivity contribution in [3.63, 3.8) is 0 Å². The minimum absolute atomic E-state index is 0.158. The monoisotopic (exact) mass is 462 g/mol. The van der Waals surface area contributed by atoms with Crippen LogP contribution in [0.5, 0.6) is 0 Å². The molecule has 166 valence electrons. The first kappa shape index (κ1) is 23.1. The van der Waals surface area contributed by atoms with E-state index in [0.717, 1.165) is 35.3 Å². The molecular formula is C22H18ClF3N4O2. The van der Waals surface area contributed by atoms with Gasteiger partial charge >= 0.3 is 18.0 Å². The predicted molar refractivity (Wildman–Crippen MR) is 116 cm³/mol. The van der Waals surface area contributed by atoms with Gasteiger partial charge in [0.25, 0.3) is 0 Å². The molecule has 0 spiro atoms. The van der Waals surface area contributed by atoms with E-state index in [2.05, 4.69) is 15.8 Å². The Balaban J connectivity index is 1.67. The largest absolute Gasteiger partial charge is 0.416 e. The van der Waals surface area contributed by atoms with Gasteiger partial charge in [-0.25, -0.2) is 5.43 Å². The van der Waals surface area contributed by atoms with Crippen LogP contribution in [0.1, 0.15) is 22.5 Å². The van der Waals surface area contributed by atoms with E-state index in [1.807, 2.05) is 42.7 Å². The molecule has 3 rings (SSSR count). The van der Waals surface area contributed by atoms with E-state index >= 15 is 0 Å². The summed E-state index contributed by atoms with van der Waals surface area (Å²) in [6, 6.07) is 13.1. The Morgan fingerprint density at radius 2 is 1.75 bits per heavy atom. The lowest BCUT2D eigenvalue weighted by Gasteiger charge is -2.10. The Labute approximate surface area is 186 Å². The Kier molecular flexibility index (Phi) is 6.69. The summed E-state index contributed by atoms with van der Waals surface area (Å²) in [6.07, 6.45) is -3.19. The molecule has 0 fully saturated rings. The predicted octanol–water partition coefficient (Wildman–Crippen LogP) is 4.86. The number of aromatic nitrogens is 1. The molecule has 6 nitrogen and oxygen atoms in total. The van der Waals surface area contributed by atoms with E-state index in [1.165, 1.54) is 12.3 Å². The SMILES string of the molecule is Cc1cc(/C=N\NC(=O)C(=O)Nc2cccc(C(F)(F)F)c2)c(C)n1-c1cccc(Cl)c1. The van der Waals surface area contributed by atoms with Gasteiger partial charge in [-0.3, -0.25) is 9.59 Å². The van der Waals surface area contributed by atoms with Gasteiger partial charge in [0.1, 0.15) is 0 Å². The first-order valence-electron chi connectivity index (χ1n) is 9.33. The smallest absolute Gasteiger partial charge is 0.318 e. The quantitative estimate of drug-likeness (QED) is 0.330. The molecule has 1 aromatic heterocycles. The van der Waals surface area contributed by atoms with Crippen LogP contribution in [0.15, 0.2) is 59.7 Å². The molecule has 0 atom stereocenters. The number of benzene rings is 2. The molecule has 0 radical (unpaired) electrons. The molecule has 0 saturated heterocycles. The van der Waals surface area contributed by atoms with Gasteiger partial charge in [0.15, 0.2) is 0 Å². The summed E-state index contributed by atoms with van der Waals surface area (Å²) in [6.45, 7) is 3.75. The third-order valence-corrected chi connectivity index (χ3v) is 4.80. The van der Waals surface area contributed by atoms with E-state index in [9.17, 15) is 22.8 Å². The number of nitrogens with zero attached hydrogens (tertiary/aromatic N) is 2. The maximum atomic E-state index is 12.8. The van der Waals surface area contributed by atoms with Crippen molar-refractivity contribution in [2.24, 2.45) is 5.10 Å². The molecule has 0 aliphatic carbocycles. The fourth-order valence-corrected chi connectivity index (χ4v) is 3.29. The van der Waals surface area contributed by atoms with E-state index in [4.69, 9.17) is 11.6 Å². The highest BCUT2D eigenvalue weighted by molar-refractivity contribution is 6.39. The molecule has 2 N–H and O–H groups in total. The molecule has 0 aliphatic rings. The molecule has 2 amide bonds. The third-order valence-electron chi connectivity index (χ3n) is 4.56. The molecule has 2 aromatic carbocycles. The lowest BCUT2D eigenvalue weighted by Crippen LogP contribution is -2.32. The Hall–Kier alpha value is -3.59. The van der Waals surface area contributed by atoms with Crippen LogP contribution >= 0.6 is 11.6 Å². The van der Waals surface area contributed by atoms with E-state index in [0.29, 0.717) is 10.6 Å². The number of hydrogen-bond acceptors (Lipinski definition) is 3. The van der Waals surface area contributed by atoms with Gasteiger partial charge in [0.2, 0.25) is 0 Å². The summed E-state index contributed by atoms with van der Waals surface area (Å²) in [4.78, 5) is 23.9. The van der Waals surface area contributed by atoms with Crippen molar-refractivity contribution in [3.8, 4) is 5.69 Å². The van der Waals surface area contributed by atoms with Gasteiger partial charge in [-0.15, -0.1) is 0 Å². The van der Waals surface area contributed by atoms with Crippen molar-refractivity contribution in [3.05, 3.63) is 82.1 Å². The molecule has 1 heterocycles. The van der Waals surface area contributed by atoms with E-state index in [-0.39, 0.29) is 5.69 Å². The fourth-order valence-electron chi connectivity index (χ4n) is 3.10. The second-order valence-electron chi connectivity index (χ2n) is 6.87. The van der Waals surface area contributed by atoms with Crippen molar-refractivity contribution in [2.75, 3.05) is 5.32 Å². The molecule has 0 saturated carbocycles. The van der Waals surface area contributed by atoms with Crippen molar-refractivity contribution in [1.29, 1.82) is 0 Å². The number of amides is 2. The van der Waals surface area contributed by atoms with Crippen molar-refractivity contribution < 1.29 is 22.8 Å². The van der Waals surface area contributed by atoms with Crippen LogP contribution in [-0.2, 0) is 15.8 Å². The van der Waals surface area contributed by atoms with Crippen LogP contribution in [-0.4, -0.2) is 22.6 Å². The summed E-state index contributed by atoms with van der Waals surface area (Å²) in [5, 5.41) is 6.48. The average Bonchev–Trinajstić information content (AvgIpc) is 3.00. The van der Waals surface area contributed by atoms with Gasteiger partial charge in [-0.2, -0.15) is 18.3 Å². The fraction of sp³-hybridized carbons (Fsp3) is 0.136. The summed E-state index contributed by atoms with van der Waals surface area (Å²) < 4.78 is 40.2. The van der Waals surface area contributed by atoms with Crippen LogP contribution in [0.3, 0.4) is 0 Å². The topological polar surface area (TPSA) is 75.5 Å². The zero-order valence-corrected chi connectivity index (χ0v) is 17.8. The van der Waals surface area contributed by atoms with Crippen molar-refractivity contribution >= 4 is 35.3 Å². The molecule has 10 heteroatoms. The highest BCUT2D eigenvalue weighted by Crippen LogP contribution is 2.30. The Morgan fingerprint density at radius 3 is 2.44 bits per heavy atom. The zero-order chi connectivity index (χ0) is 23.5. The minimum Gasteiger partial charge on any atom is -0.318 e. The number of halogens is 4. The van der Waals surface area contributed by atoms with Crippen LogP contribution < -0.4 is 10.7 Å². The maximum Gasteiger partial charge on any atom is 0.416 e. The van der Waals surface area contributed by atoms with Crippen molar-refractivity contribution in [2.45, 2.75) is 20.0 Å². The second kappa shape index (κ2) is 9.27. The number of rotatable bonds is 4. The first-order valence-corrected chi connectivity index (χ1v) is 9.70. The molecular weight excluding hydrogens is 445 g/mol. The third kappa shape index (κ3) is 5.36. The first-order chi connectivity index (χ1) is 15.1. The molecule has 0 unspecified atom stereocenters. The number of hydrazone groups is 1. The summed E-state index contributed by atoms with van der Waals surface area (Å²) in [5.41, 5.74) is 4.25. The number of anilines is 1. The standard InChI is InChI=1S/C22H18ClF3N4O2/c1-13-9-15(14(2)30(13)19-8-4-6-17(23)11-19)12-27-29-21(32)20(31)28-18-7-3-5-16(10-18)22(24,25)26/h3-12H,1-2H3,(H,28,31)(H,29,32)/b27-12-. The second-order valence-corrected chi connectivity index (χ2v) is 7.31. The highest BCUT2D eigenvalue weighted by atomic mass is 35.5. The van der Waals surface area contributed by atoms with Crippen LogP contribution in [0, 0.1) is 13.8 Å². The summed E-state index contributed by atoms with van der Waals surface area (Å²) in [5.74, 6) is -2.27. The number of carbonyl (C=O) groups is 2. The van der Waals surface area contributed by atoms with Gasteiger partial charge in [-0.1, -0.05) is 23.7 Å². The summed E-state index contributed by atoms with van der Waals surface area (Å²) in [7, 11) is 0. The molecule has 0 bridgehead atoms. The van der Waals surface area contributed by atoms with Crippen LogP contribution in [0.2, 0.25) is 5.02 Å². The van der Waals surface area contributed by atoms with Gasteiger partial charge in [-0.05, 0) is 56.3 Å². The average molecular weight is 463 g/mol. The number of alkyl halides is 3. The Morgan fingerprint density at radius 1 is 1.03 bits per heavy atom. The number of carbonyl (C=O) groups excluding carboxylic acids is 2. The molecule has 32 heavy (non-hydrogen) atoms. The van der Waals surface area contributed by atoms with Crippen molar-refractivity contribution in [1.82, 2.24) is 9.99 Å². The van der Waals surface area contributed by atoms with Gasteiger partial charge in [0.05, 0.1) is 11.8 Å². The maximum absolute atomic E-state index is 12.8. The van der Waals surface area contributed by atoms with E-state index < -0.39 is 23.6 Å². The normalized spacial score (nSPS) is 11.6. The lowest BCUT2D eigenvalue weighted by molar-refractivity contribution is -0.137. The minimum atomic E-state index is -4.56. The zero-order valence-electron chi connectivity index (χ0n) is 17.0.